The van der Waals surface area contributed by atoms with Crippen LogP contribution in [0.5, 0.6) is 0 Å². The van der Waals surface area contributed by atoms with E-state index in [2.05, 4.69) is 32.7 Å². The Morgan fingerprint density at radius 2 is 0.669 bits per heavy atom. The topological polar surface area (TPSA) is 512 Å². The molecule has 0 aliphatic carbocycles. The third kappa shape index (κ3) is 54.6. The van der Waals surface area contributed by atoms with Crippen LogP contribution in [-0.4, -0.2) is 277 Å². The predicted molar refractivity (Wildman–Crippen MR) is 445 cm³/mol. The highest BCUT2D eigenvalue weighted by molar-refractivity contribution is 7.85. The first kappa shape index (κ1) is 130. The summed E-state index contributed by atoms with van der Waals surface area (Å²) in [5, 5.41) is 45.0. The predicted octanol–water partition coefficient (Wildman–Crippen LogP) is 10.6. The van der Waals surface area contributed by atoms with Gasteiger partial charge in [0.15, 0.2) is 38.8 Å². The van der Waals surface area contributed by atoms with Crippen LogP contribution in [0.25, 0.3) is 0 Å². The van der Waals surface area contributed by atoms with Gasteiger partial charge in [0, 0.05) is 44.4 Å². The summed E-state index contributed by atoms with van der Waals surface area (Å²) < 4.78 is 315. The average molecular weight is 2000 g/mol. The highest BCUT2D eigenvalue weighted by Gasteiger charge is 2.54. The van der Waals surface area contributed by atoms with E-state index in [-0.39, 0.29) is 130 Å². The highest BCUT2D eigenvalue weighted by atomic mass is 32.2. The lowest BCUT2D eigenvalue weighted by molar-refractivity contribution is -0.261. The SMILES string of the molecule is CCC(C#N)CC(C)(CC(C)S(=O)O)C(=O)OCCNCC(F)(F)F.CCC(C)(CC(C)(CC(C)C(=O)NC(C)(C)CS(=O)(=O)O)C(=O)OCCNCC(F)(F)F)C(=O)OCCO.CCC(C)(CC(C)(CC(C)S(=O)O)C(=O)OCCNCC(F)(F)F)C(=O)OC(C)CC(C)(O)C(F)(F)F.CCC(C)(CC(C)(CC(C)S(=O)O)C(=O)OCCNCC(F)(F)F)C(=O)OCCO. The van der Waals surface area contributed by atoms with Crippen LogP contribution in [0.15, 0.2) is 0 Å². The van der Waals surface area contributed by atoms with E-state index >= 15 is 0 Å². The van der Waals surface area contributed by atoms with E-state index < -0.39 is 263 Å². The van der Waals surface area contributed by atoms with Gasteiger partial charge in [-0.2, -0.15) is 79.5 Å². The van der Waals surface area contributed by atoms with Crippen molar-refractivity contribution in [2.45, 2.75) is 279 Å². The van der Waals surface area contributed by atoms with Gasteiger partial charge in [-0.25, -0.2) is 12.6 Å². The molecule has 0 fully saturated rings. The van der Waals surface area contributed by atoms with Crippen LogP contribution in [-0.2, 0) is 115 Å². The fourth-order valence-corrected chi connectivity index (χ4v) is 15.9. The minimum absolute atomic E-state index is 0.0309. The zero-order valence-corrected chi connectivity index (χ0v) is 80.0. The lowest BCUT2D eigenvalue weighted by Crippen LogP contribution is -2.51. The molecule has 0 bridgehead atoms. The van der Waals surface area contributed by atoms with E-state index in [9.17, 15) is 144 Å². The number of hydrogen-bond donors (Lipinski definition) is 12. The van der Waals surface area contributed by atoms with Gasteiger partial charge in [0.25, 0.3) is 10.1 Å². The van der Waals surface area contributed by atoms with Crippen molar-refractivity contribution >= 4 is 91.1 Å². The molecule has 12 N–H and O–H groups in total. The number of amides is 1. The Bertz CT molecular complexity index is 3700. The molecule has 768 valence electrons. The van der Waals surface area contributed by atoms with Gasteiger partial charge in [-0.15, -0.1) is 0 Å². The number of nitrogens with one attached hydrogen (secondary N) is 5. The normalized spacial score (nSPS) is 18.2. The summed E-state index contributed by atoms with van der Waals surface area (Å²) in [6.07, 6.45) is -24.7. The summed E-state index contributed by atoms with van der Waals surface area (Å²) in [7, 11) is -4.41. The summed E-state index contributed by atoms with van der Waals surface area (Å²) >= 11 is -6.73. The zero-order chi connectivity index (χ0) is 103. The van der Waals surface area contributed by atoms with Gasteiger partial charge >= 0.3 is 72.7 Å². The molecular weight excluding hydrogens is 1870 g/mol. The standard InChI is InChI=1S/C23H41F3N2O9S.C22H37F6NO7S.C18H32F3NO7S.C15H25F3N2O4S/c1-7-21(5,18(31)37-11-9-29)13-22(6,19(32)36-10-8-27-14-23(24,25)26)12-16(2)17(30)28-20(3,4)15-38(33,34)35;1-7-18(4,17(31)36-14(2)10-20(6,32)22(26,27)28)12-19(5,11-15(3)37(33)34)16(30)35-9-8-29-13-21(23,24)25;1-5-16(3,14(24)29-9-7-23)11-17(4,10-13(2)30(26)27)15(25)28-8-6-22-12-18(19,20)21;1-4-12(9-19)8-14(3,7-11(2)25(22)23)13(21)24-6-5-20-10-15(16,17)18/h16,27,29H,7-15H2,1-6H3,(H,28,30)(H,33,34,35);14-15,29,32H,7-13H2,1-6H3,(H,33,34);13,22-23H,5-12H2,1-4H3,(H,26,27);11-12,20H,4-8,10H2,1-3H3,(H,22,23). The molecule has 0 aromatic heterocycles. The molecule has 0 heterocycles. The van der Waals surface area contributed by atoms with Crippen LogP contribution < -0.4 is 26.6 Å². The summed E-state index contributed by atoms with van der Waals surface area (Å²) in [5.41, 5.74) is -13.9. The molecule has 0 aliphatic heterocycles. The Kier molecular flexibility index (Phi) is 58.1. The first-order valence-corrected chi connectivity index (χ1v) is 46.2. The van der Waals surface area contributed by atoms with E-state index in [0.29, 0.717) is 13.3 Å². The maximum absolute atomic E-state index is 13.2. The first-order chi connectivity index (χ1) is 58.7. The summed E-state index contributed by atoms with van der Waals surface area (Å²) in [4.78, 5) is 102. The van der Waals surface area contributed by atoms with Crippen LogP contribution in [0.2, 0.25) is 0 Å². The van der Waals surface area contributed by atoms with Crippen molar-refractivity contribution < 1.29 is 192 Å². The van der Waals surface area contributed by atoms with Crippen LogP contribution in [0, 0.1) is 61.1 Å². The number of ether oxygens (including phenoxy) is 7. The minimum Gasteiger partial charge on any atom is -0.464 e. The number of nitrogens with zero attached hydrogens (tertiary/aromatic N) is 1. The monoisotopic (exact) mass is 2000 g/mol. The zero-order valence-electron chi connectivity index (χ0n) is 76.7. The number of esters is 7. The molecule has 0 saturated carbocycles. The van der Waals surface area contributed by atoms with E-state index in [1.165, 1.54) is 76.2 Å². The molecular formula is C78H135F15N6O27S4. The summed E-state index contributed by atoms with van der Waals surface area (Å²) in [5.74, 6) is -8.27. The molecule has 52 heteroatoms. The van der Waals surface area contributed by atoms with Crippen molar-refractivity contribution in [1.29, 1.82) is 5.26 Å². The number of aliphatic hydroxyl groups excluding tert-OH is 2. The lowest BCUT2D eigenvalue weighted by atomic mass is 9.68. The highest BCUT2D eigenvalue weighted by Crippen LogP contribution is 2.47. The number of rotatable bonds is 57. The molecule has 0 rings (SSSR count). The quantitative estimate of drug-likeness (QED) is 0.00672. The van der Waals surface area contributed by atoms with Crippen molar-refractivity contribution in [3.05, 3.63) is 0 Å². The molecule has 33 nitrogen and oxygen atoms in total. The molecule has 1 amide bonds. The van der Waals surface area contributed by atoms with E-state index in [1.807, 2.05) is 0 Å². The molecule has 0 spiro atoms. The van der Waals surface area contributed by atoms with Crippen molar-refractivity contribution in [3.8, 4) is 6.07 Å². The van der Waals surface area contributed by atoms with Crippen LogP contribution in [0.4, 0.5) is 65.9 Å². The van der Waals surface area contributed by atoms with Gasteiger partial charge in [0.05, 0.1) is 110 Å². The molecule has 17 unspecified atom stereocenters. The van der Waals surface area contributed by atoms with E-state index in [4.69, 9.17) is 53.2 Å². The second-order valence-corrected chi connectivity index (χ2v) is 40.2. The van der Waals surface area contributed by atoms with E-state index in [0.717, 1.165) is 0 Å². The Labute approximate surface area is 757 Å². The number of alkyl halides is 15. The molecule has 0 radical (unpaired) electrons. The van der Waals surface area contributed by atoms with Gasteiger partial charge in [-0.05, 0) is 174 Å². The number of hydrogen-bond acceptors (Lipinski definition) is 28. The second kappa shape index (κ2) is 57.9. The second-order valence-electron chi connectivity index (χ2n) is 34.7. The van der Waals surface area contributed by atoms with Crippen molar-refractivity contribution in [1.82, 2.24) is 26.6 Å². The molecule has 0 aromatic rings. The molecule has 130 heavy (non-hydrogen) atoms. The number of nitriles is 1. The van der Waals surface area contributed by atoms with Crippen molar-refractivity contribution in [2.24, 2.45) is 49.7 Å². The molecule has 0 aromatic carbocycles. The maximum atomic E-state index is 13.2. The van der Waals surface area contributed by atoms with E-state index in [1.54, 1.807) is 48.5 Å². The molecule has 17 atom stereocenters. The summed E-state index contributed by atoms with van der Waals surface area (Å²) in [6, 6.07) is 2.07. The maximum Gasteiger partial charge on any atom is 0.417 e. The average Bonchev–Trinajstić information content (AvgIpc) is 0.799. The van der Waals surface area contributed by atoms with Gasteiger partial charge in [-0.3, -0.25) is 42.9 Å². The fraction of sp³-hybridized carbons (Fsp3) is 0.885. The van der Waals surface area contributed by atoms with Crippen LogP contribution in [0.1, 0.15) is 215 Å². The van der Waals surface area contributed by atoms with Crippen molar-refractivity contribution in [2.75, 3.05) is 111 Å². The smallest absolute Gasteiger partial charge is 0.417 e. The van der Waals surface area contributed by atoms with Gasteiger partial charge < -0.3 is 88.7 Å². The Morgan fingerprint density at radius 1 is 0.408 bits per heavy atom. The largest absolute Gasteiger partial charge is 0.464 e. The Hall–Kier alpha value is -5.84. The fourth-order valence-electron chi connectivity index (χ4n) is 13.3. The van der Waals surface area contributed by atoms with Gasteiger partial charge in [-0.1, -0.05) is 34.6 Å². The minimum atomic E-state index is -4.96. The number of halogens is 15. The summed E-state index contributed by atoms with van der Waals surface area (Å²) in [6.45, 7) is 18.7. The van der Waals surface area contributed by atoms with Gasteiger partial charge in [0.1, 0.15) is 45.7 Å². The number of carbonyl (C=O) groups excluding carboxylic acids is 8. The third-order valence-electron chi connectivity index (χ3n) is 20.6. The number of carbonyl (C=O) groups is 8. The molecule has 0 saturated heterocycles. The van der Waals surface area contributed by atoms with Crippen molar-refractivity contribution in [3.63, 3.8) is 0 Å². The van der Waals surface area contributed by atoms with Crippen LogP contribution >= 0.6 is 0 Å². The Balaban J connectivity index is -0.000000824. The molecule has 0 aliphatic rings. The number of aliphatic hydroxyl groups is 3. The Morgan fingerprint density at radius 3 is 0.915 bits per heavy atom. The third-order valence-corrected chi connectivity index (χ3v) is 24.2. The van der Waals surface area contributed by atoms with Crippen LogP contribution in [0.3, 0.4) is 0 Å². The van der Waals surface area contributed by atoms with Gasteiger partial charge in [0.2, 0.25) is 5.91 Å². The first-order valence-electron chi connectivity index (χ1n) is 41.1. The lowest BCUT2D eigenvalue weighted by Gasteiger charge is -2.38.